The maximum atomic E-state index is 14.4. The van der Waals surface area contributed by atoms with Crippen molar-refractivity contribution in [2.24, 2.45) is 0 Å². The van der Waals surface area contributed by atoms with Gasteiger partial charge in [-0.1, -0.05) is 12.1 Å². The Labute approximate surface area is 136 Å². The van der Waals surface area contributed by atoms with Crippen LogP contribution >= 0.6 is 0 Å². The zero-order chi connectivity index (χ0) is 16.3. The molecule has 0 unspecified atom stereocenters. The SMILES string of the molecule is COc1cccc(CN2CCC[C@@]3(CCCCO3)[C@H]2C#N)c1F. The predicted molar refractivity (Wildman–Crippen MR) is 84.5 cm³/mol. The van der Waals surface area contributed by atoms with Crippen LogP contribution in [0.3, 0.4) is 0 Å². The molecule has 2 aliphatic rings. The zero-order valence-corrected chi connectivity index (χ0v) is 13.6. The molecule has 2 saturated heterocycles. The summed E-state index contributed by atoms with van der Waals surface area (Å²) in [5, 5.41) is 9.74. The molecule has 4 nitrogen and oxygen atoms in total. The monoisotopic (exact) mass is 318 g/mol. The van der Waals surface area contributed by atoms with Crippen LogP contribution in [0.5, 0.6) is 5.75 Å². The number of hydrogen-bond acceptors (Lipinski definition) is 4. The fourth-order valence-electron chi connectivity index (χ4n) is 3.89. The number of benzene rings is 1. The predicted octanol–water partition coefficient (Wildman–Crippen LogP) is 3.26. The molecule has 0 saturated carbocycles. The summed E-state index contributed by atoms with van der Waals surface area (Å²) in [5.74, 6) is -0.0903. The van der Waals surface area contributed by atoms with Crippen LogP contribution in [-0.4, -0.2) is 36.8 Å². The molecule has 0 bridgehead atoms. The third-order valence-electron chi connectivity index (χ3n) is 5.05. The number of likely N-dealkylation sites (tertiary alicyclic amines) is 1. The molecule has 2 atom stereocenters. The molecule has 1 aromatic rings. The van der Waals surface area contributed by atoms with Crippen LogP contribution in [0.2, 0.25) is 0 Å². The van der Waals surface area contributed by atoms with Crippen molar-refractivity contribution in [3.05, 3.63) is 29.6 Å². The molecule has 124 valence electrons. The van der Waals surface area contributed by atoms with E-state index < -0.39 is 0 Å². The molecule has 0 N–H and O–H groups in total. The second-order valence-corrected chi connectivity index (χ2v) is 6.41. The van der Waals surface area contributed by atoms with Gasteiger partial charge in [0.15, 0.2) is 11.6 Å². The van der Waals surface area contributed by atoms with Crippen LogP contribution in [0.25, 0.3) is 0 Å². The van der Waals surface area contributed by atoms with Crippen LogP contribution in [0.1, 0.15) is 37.7 Å². The van der Waals surface area contributed by atoms with Crippen LogP contribution in [0.4, 0.5) is 4.39 Å². The van der Waals surface area contributed by atoms with Gasteiger partial charge in [0, 0.05) is 18.7 Å². The number of nitriles is 1. The van der Waals surface area contributed by atoms with Crippen LogP contribution < -0.4 is 4.74 Å². The topological polar surface area (TPSA) is 45.5 Å². The third-order valence-corrected chi connectivity index (χ3v) is 5.05. The first-order chi connectivity index (χ1) is 11.2. The lowest BCUT2D eigenvalue weighted by molar-refractivity contribution is -0.138. The Morgan fingerprint density at radius 2 is 2.22 bits per heavy atom. The molecule has 0 amide bonds. The van der Waals surface area contributed by atoms with E-state index in [9.17, 15) is 9.65 Å². The first kappa shape index (κ1) is 16.2. The summed E-state index contributed by atoms with van der Waals surface area (Å²) in [7, 11) is 1.46. The molecule has 2 fully saturated rings. The van der Waals surface area contributed by atoms with E-state index in [1.54, 1.807) is 18.2 Å². The van der Waals surface area contributed by atoms with Crippen molar-refractivity contribution < 1.29 is 13.9 Å². The van der Waals surface area contributed by atoms with Gasteiger partial charge < -0.3 is 9.47 Å². The van der Waals surface area contributed by atoms with Crippen molar-refractivity contribution in [1.82, 2.24) is 4.90 Å². The van der Waals surface area contributed by atoms with Gasteiger partial charge in [-0.3, -0.25) is 4.90 Å². The van der Waals surface area contributed by atoms with E-state index in [-0.39, 0.29) is 23.2 Å². The normalized spacial score (nSPS) is 28.5. The second kappa shape index (κ2) is 6.86. The Morgan fingerprint density at radius 1 is 1.39 bits per heavy atom. The molecule has 23 heavy (non-hydrogen) atoms. The zero-order valence-electron chi connectivity index (χ0n) is 13.6. The maximum absolute atomic E-state index is 14.4. The van der Waals surface area contributed by atoms with Gasteiger partial charge >= 0.3 is 0 Å². The summed E-state index contributed by atoms with van der Waals surface area (Å²) < 4.78 is 25.6. The molecule has 2 aliphatic heterocycles. The molecule has 2 heterocycles. The Morgan fingerprint density at radius 3 is 2.91 bits per heavy atom. The number of ether oxygens (including phenoxy) is 2. The summed E-state index contributed by atoms with van der Waals surface area (Å²) in [6, 6.07) is 7.27. The second-order valence-electron chi connectivity index (χ2n) is 6.41. The van der Waals surface area contributed by atoms with Crippen LogP contribution in [-0.2, 0) is 11.3 Å². The number of hydrogen-bond donors (Lipinski definition) is 0. The number of methoxy groups -OCH3 is 1. The first-order valence-electron chi connectivity index (χ1n) is 8.29. The van der Waals surface area contributed by atoms with Crippen molar-refractivity contribution >= 4 is 0 Å². The van der Waals surface area contributed by atoms with E-state index in [4.69, 9.17) is 9.47 Å². The highest BCUT2D eigenvalue weighted by atomic mass is 19.1. The van der Waals surface area contributed by atoms with E-state index >= 15 is 0 Å². The minimum Gasteiger partial charge on any atom is -0.494 e. The van der Waals surface area contributed by atoms with E-state index in [2.05, 4.69) is 11.0 Å². The van der Waals surface area contributed by atoms with Gasteiger partial charge in [-0.05, 0) is 44.7 Å². The summed E-state index contributed by atoms with van der Waals surface area (Å²) in [6.07, 6.45) is 4.97. The minimum absolute atomic E-state index is 0.247. The molecule has 1 aromatic carbocycles. The standard InChI is InChI=1S/C18H23FN2O2/c1-22-15-7-4-6-14(17(15)19)13-21-10-5-9-18(16(21)12-20)8-2-3-11-23-18/h4,6-7,16H,2-3,5,8-11,13H2,1H3/t16-,18+/m1/s1. The smallest absolute Gasteiger partial charge is 0.169 e. The lowest BCUT2D eigenvalue weighted by atomic mass is 9.79. The minimum atomic E-state index is -0.374. The van der Waals surface area contributed by atoms with E-state index in [1.807, 2.05) is 0 Å². The lowest BCUT2D eigenvalue weighted by Crippen LogP contribution is -2.58. The fraction of sp³-hybridized carbons (Fsp3) is 0.611. The largest absolute Gasteiger partial charge is 0.494 e. The average molecular weight is 318 g/mol. The molecule has 0 aromatic heterocycles. The summed E-state index contributed by atoms with van der Waals surface area (Å²) >= 11 is 0. The number of piperidine rings is 1. The first-order valence-corrected chi connectivity index (χ1v) is 8.29. The maximum Gasteiger partial charge on any atom is 0.169 e. The van der Waals surface area contributed by atoms with E-state index in [0.717, 1.165) is 45.3 Å². The van der Waals surface area contributed by atoms with Gasteiger partial charge in [-0.25, -0.2) is 4.39 Å². The Kier molecular flexibility index (Phi) is 4.84. The lowest BCUT2D eigenvalue weighted by Gasteiger charge is -2.48. The Hall–Kier alpha value is -1.64. The number of rotatable bonds is 3. The van der Waals surface area contributed by atoms with E-state index in [1.165, 1.54) is 7.11 Å². The van der Waals surface area contributed by atoms with Crippen molar-refractivity contribution in [3.8, 4) is 11.8 Å². The molecular weight excluding hydrogens is 295 g/mol. The van der Waals surface area contributed by atoms with Gasteiger partial charge in [0.05, 0.1) is 18.8 Å². The van der Waals surface area contributed by atoms with Gasteiger partial charge in [0.25, 0.3) is 0 Å². The highest BCUT2D eigenvalue weighted by Crippen LogP contribution is 2.39. The quantitative estimate of drug-likeness (QED) is 0.858. The fourth-order valence-corrected chi connectivity index (χ4v) is 3.89. The molecule has 3 rings (SSSR count). The van der Waals surface area contributed by atoms with Crippen molar-refractivity contribution in [2.45, 2.75) is 50.3 Å². The van der Waals surface area contributed by atoms with Gasteiger partial charge in [0.1, 0.15) is 6.04 Å². The number of nitrogens with zero attached hydrogens (tertiary/aromatic N) is 2. The van der Waals surface area contributed by atoms with Gasteiger partial charge in [-0.2, -0.15) is 5.26 Å². The van der Waals surface area contributed by atoms with E-state index in [0.29, 0.717) is 12.1 Å². The summed E-state index contributed by atoms with van der Waals surface area (Å²) in [6.45, 7) is 1.92. The highest BCUT2D eigenvalue weighted by Gasteiger charge is 2.46. The Balaban J connectivity index is 1.83. The molecular formula is C18H23FN2O2. The van der Waals surface area contributed by atoms with Gasteiger partial charge in [-0.15, -0.1) is 0 Å². The molecule has 5 heteroatoms. The average Bonchev–Trinajstić information content (AvgIpc) is 2.58. The Bertz CT molecular complexity index is 588. The third kappa shape index (κ3) is 3.06. The van der Waals surface area contributed by atoms with Crippen molar-refractivity contribution in [1.29, 1.82) is 5.26 Å². The van der Waals surface area contributed by atoms with Crippen LogP contribution in [0.15, 0.2) is 18.2 Å². The molecule has 0 radical (unpaired) electrons. The van der Waals surface area contributed by atoms with Gasteiger partial charge in [0.2, 0.25) is 0 Å². The summed E-state index contributed by atoms with van der Waals surface area (Å²) in [5.41, 5.74) is 0.193. The van der Waals surface area contributed by atoms with Crippen molar-refractivity contribution in [2.75, 3.05) is 20.3 Å². The van der Waals surface area contributed by atoms with Crippen molar-refractivity contribution in [3.63, 3.8) is 0 Å². The number of halogens is 1. The summed E-state index contributed by atoms with van der Waals surface area (Å²) in [4.78, 5) is 2.06. The molecule has 1 spiro atoms. The highest BCUT2D eigenvalue weighted by molar-refractivity contribution is 5.31. The van der Waals surface area contributed by atoms with Crippen LogP contribution in [0, 0.1) is 17.1 Å². The molecule has 0 aliphatic carbocycles.